The van der Waals surface area contributed by atoms with E-state index in [-0.39, 0.29) is 12.1 Å². The molecule has 4 nitrogen and oxygen atoms in total. The number of pyridine rings is 1. The third-order valence-corrected chi connectivity index (χ3v) is 3.63. The Morgan fingerprint density at radius 1 is 1.26 bits per heavy atom. The molecule has 3 N–H and O–H groups in total. The molecule has 1 aromatic heterocycles. The number of nitrogens with one attached hydrogen (secondary N) is 1. The van der Waals surface area contributed by atoms with Crippen molar-refractivity contribution in [2.24, 2.45) is 5.73 Å². The Kier molecular flexibility index (Phi) is 3.09. The van der Waals surface area contributed by atoms with Gasteiger partial charge in [-0.2, -0.15) is 0 Å². The van der Waals surface area contributed by atoms with Crippen molar-refractivity contribution in [3.05, 3.63) is 63.6 Å². The van der Waals surface area contributed by atoms with Gasteiger partial charge < -0.3 is 15.6 Å². The minimum Gasteiger partial charge on any atom is -0.367 e. The summed E-state index contributed by atoms with van der Waals surface area (Å²) in [5.74, 6) is 0. The molecule has 0 saturated heterocycles. The molecular formula is C15H17N3O. The fourth-order valence-corrected chi connectivity index (χ4v) is 2.57. The van der Waals surface area contributed by atoms with Crippen LogP contribution in [0.2, 0.25) is 0 Å². The largest absolute Gasteiger partial charge is 0.367 e. The van der Waals surface area contributed by atoms with Crippen molar-refractivity contribution in [1.29, 1.82) is 0 Å². The van der Waals surface area contributed by atoms with Gasteiger partial charge in [-0.15, -0.1) is 0 Å². The molecule has 1 aliphatic heterocycles. The highest BCUT2D eigenvalue weighted by molar-refractivity contribution is 5.48. The smallest absolute Gasteiger partial charge is 0.252 e. The number of nitrogens with zero attached hydrogens (tertiary/aromatic N) is 1. The molecule has 0 amide bonds. The topological polar surface area (TPSA) is 62.1 Å². The van der Waals surface area contributed by atoms with Crippen LogP contribution < -0.4 is 16.2 Å². The van der Waals surface area contributed by atoms with Crippen LogP contribution in [-0.2, 0) is 19.5 Å². The minimum atomic E-state index is -0.0468. The number of hydrogen-bond donors (Lipinski definition) is 2. The summed E-state index contributed by atoms with van der Waals surface area (Å²) < 4.78 is 0. The molecule has 2 heterocycles. The van der Waals surface area contributed by atoms with Gasteiger partial charge in [0.05, 0.1) is 0 Å². The number of benzene rings is 1. The molecular weight excluding hydrogens is 238 g/mol. The molecule has 1 aliphatic rings. The van der Waals surface area contributed by atoms with E-state index in [1.165, 1.54) is 11.3 Å². The maximum atomic E-state index is 11.7. The average molecular weight is 255 g/mol. The van der Waals surface area contributed by atoms with E-state index in [4.69, 9.17) is 5.73 Å². The Balaban J connectivity index is 1.93. The first-order chi connectivity index (χ1) is 9.28. The molecule has 0 atom stereocenters. The second-order valence-corrected chi connectivity index (χ2v) is 4.84. The predicted octanol–water partition coefficient (Wildman–Crippen LogP) is 1.40. The second-order valence-electron chi connectivity index (χ2n) is 4.84. The number of anilines is 1. The highest BCUT2D eigenvalue weighted by Crippen LogP contribution is 2.22. The number of aromatic amines is 1. The molecule has 2 aromatic rings. The van der Waals surface area contributed by atoms with Gasteiger partial charge in [0.1, 0.15) is 0 Å². The van der Waals surface area contributed by atoms with Crippen LogP contribution in [0.15, 0.2) is 41.2 Å². The van der Waals surface area contributed by atoms with E-state index in [0.29, 0.717) is 5.56 Å². The monoisotopic (exact) mass is 255 g/mol. The number of hydrogen-bond acceptors (Lipinski definition) is 3. The molecule has 98 valence electrons. The van der Waals surface area contributed by atoms with Gasteiger partial charge in [0.15, 0.2) is 0 Å². The number of fused-ring (bicyclic) bond motifs is 1. The molecule has 0 fully saturated rings. The van der Waals surface area contributed by atoms with Gasteiger partial charge in [-0.3, -0.25) is 4.79 Å². The summed E-state index contributed by atoms with van der Waals surface area (Å²) in [6.07, 6.45) is 0.865. The minimum absolute atomic E-state index is 0.0468. The number of rotatable bonds is 2. The summed E-state index contributed by atoms with van der Waals surface area (Å²) in [6.45, 7) is 2.03. The molecule has 19 heavy (non-hydrogen) atoms. The van der Waals surface area contributed by atoms with Crippen molar-refractivity contribution < 1.29 is 0 Å². The normalized spacial score (nSPS) is 14.3. The van der Waals surface area contributed by atoms with Crippen LogP contribution in [-0.4, -0.2) is 11.5 Å². The molecule has 4 heteroatoms. The van der Waals surface area contributed by atoms with Crippen molar-refractivity contribution in [2.75, 3.05) is 11.4 Å². The highest BCUT2D eigenvalue weighted by Gasteiger charge is 2.18. The average Bonchev–Trinajstić information content (AvgIpc) is 2.47. The maximum absolute atomic E-state index is 11.7. The van der Waals surface area contributed by atoms with Gasteiger partial charge in [0, 0.05) is 43.0 Å². The van der Waals surface area contributed by atoms with Gasteiger partial charge >= 0.3 is 0 Å². The Bertz CT molecular complexity index is 634. The predicted molar refractivity (Wildman–Crippen MR) is 76.2 cm³/mol. The third-order valence-electron chi connectivity index (χ3n) is 3.63. The van der Waals surface area contributed by atoms with Crippen molar-refractivity contribution in [3.8, 4) is 0 Å². The first-order valence-corrected chi connectivity index (χ1v) is 6.52. The lowest BCUT2D eigenvalue weighted by molar-refractivity contribution is 0.705. The molecule has 0 radical (unpaired) electrons. The standard InChI is InChI=1S/C15H17N3O/c16-9-11-8-12-10-18(13-4-2-1-3-5-13)7-6-14(12)17-15(11)19/h1-5,8H,6-7,9-10,16H2,(H,17,19). The van der Waals surface area contributed by atoms with E-state index in [9.17, 15) is 4.79 Å². The van der Waals surface area contributed by atoms with Gasteiger partial charge in [-0.25, -0.2) is 0 Å². The van der Waals surface area contributed by atoms with Crippen LogP contribution >= 0.6 is 0 Å². The van der Waals surface area contributed by atoms with Crippen LogP contribution in [0.3, 0.4) is 0 Å². The van der Waals surface area contributed by atoms with E-state index in [0.717, 1.165) is 25.2 Å². The number of para-hydroxylation sites is 1. The lowest BCUT2D eigenvalue weighted by atomic mass is 10.0. The van der Waals surface area contributed by atoms with Crippen LogP contribution in [0.4, 0.5) is 5.69 Å². The van der Waals surface area contributed by atoms with Crippen LogP contribution in [0, 0.1) is 0 Å². The molecule has 3 rings (SSSR count). The number of aromatic nitrogens is 1. The Morgan fingerprint density at radius 2 is 2.05 bits per heavy atom. The van der Waals surface area contributed by atoms with Crippen molar-refractivity contribution in [1.82, 2.24) is 4.98 Å². The van der Waals surface area contributed by atoms with Crippen LogP contribution in [0.25, 0.3) is 0 Å². The Labute approximate surface area is 111 Å². The van der Waals surface area contributed by atoms with Gasteiger partial charge in [-0.1, -0.05) is 18.2 Å². The quantitative estimate of drug-likeness (QED) is 0.852. The number of nitrogens with two attached hydrogens (primary N) is 1. The summed E-state index contributed by atoms with van der Waals surface area (Å²) in [4.78, 5) is 17.0. The van der Waals surface area contributed by atoms with Crippen LogP contribution in [0.1, 0.15) is 16.8 Å². The zero-order valence-corrected chi connectivity index (χ0v) is 10.7. The third kappa shape index (κ3) is 2.27. The van der Waals surface area contributed by atoms with Crippen LogP contribution in [0.5, 0.6) is 0 Å². The lowest BCUT2D eigenvalue weighted by Gasteiger charge is -2.30. The molecule has 0 bridgehead atoms. The first kappa shape index (κ1) is 12.0. The lowest BCUT2D eigenvalue weighted by Crippen LogP contribution is -2.33. The van der Waals surface area contributed by atoms with E-state index in [2.05, 4.69) is 22.0 Å². The zero-order chi connectivity index (χ0) is 13.2. The van der Waals surface area contributed by atoms with E-state index in [1.807, 2.05) is 24.3 Å². The molecule has 0 unspecified atom stereocenters. The summed E-state index contributed by atoms with van der Waals surface area (Å²) in [5, 5.41) is 0. The Hall–Kier alpha value is -2.07. The van der Waals surface area contributed by atoms with Gasteiger partial charge in [0.2, 0.25) is 0 Å². The van der Waals surface area contributed by atoms with Gasteiger partial charge in [-0.05, 0) is 23.8 Å². The second kappa shape index (κ2) is 4.90. The SMILES string of the molecule is NCc1cc2c([nH]c1=O)CCN(c1ccccc1)C2. The summed E-state index contributed by atoms with van der Waals surface area (Å²) in [5.41, 5.74) is 9.65. The van der Waals surface area contributed by atoms with Crippen molar-refractivity contribution in [3.63, 3.8) is 0 Å². The molecule has 0 saturated carbocycles. The zero-order valence-electron chi connectivity index (χ0n) is 10.7. The first-order valence-electron chi connectivity index (χ1n) is 6.52. The van der Waals surface area contributed by atoms with Gasteiger partial charge in [0.25, 0.3) is 5.56 Å². The van der Waals surface area contributed by atoms with E-state index >= 15 is 0 Å². The van der Waals surface area contributed by atoms with Crippen molar-refractivity contribution >= 4 is 5.69 Å². The fraction of sp³-hybridized carbons (Fsp3) is 0.267. The summed E-state index contributed by atoms with van der Waals surface area (Å²) in [7, 11) is 0. The molecule has 0 spiro atoms. The maximum Gasteiger partial charge on any atom is 0.252 e. The molecule has 0 aliphatic carbocycles. The van der Waals surface area contributed by atoms with Crippen molar-refractivity contribution in [2.45, 2.75) is 19.5 Å². The highest BCUT2D eigenvalue weighted by atomic mass is 16.1. The van der Waals surface area contributed by atoms with E-state index in [1.54, 1.807) is 0 Å². The summed E-state index contributed by atoms with van der Waals surface area (Å²) >= 11 is 0. The van der Waals surface area contributed by atoms with E-state index < -0.39 is 0 Å². The Morgan fingerprint density at radius 3 is 2.79 bits per heavy atom. The molecule has 1 aromatic carbocycles. The fourth-order valence-electron chi connectivity index (χ4n) is 2.57. The number of H-pyrrole nitrogens is 1. The summed E-state index contributed by atoms with van der Waals surface area (Å²) in [6, 6.07) is 12.3.